The largest absolute Gasteiger partial charge is 0.496 e. The number of nitrogens with zero attached hydrogens (tertiary/aromatic N) is 2. The number of carboxylic acids is 1. The van der Waals surface area contributed by atoms with Gasteiger partial charge in [0.1, 0.15) is 29.2 Å². The van der Waals surface area contributed by atoms with Crippen molar-refractivity contribution in [2.45, 2.75) is 27.2 Å². The van der Waals surface area contributed by atoms with Crippen LogP contribution in [0.5, 0.6) is 11.5 Å². The van der Waals surface area contributed by atoms with Gasteiger partial charge in [-0.25, -0.2) is 14.8 Å². The highest BCUT2D eigenvalue weighted by Gasteiger charge is 2.13. The number of hydrogen-bond acceptors (Lipinski definition) is 6. The van der Waals surface area contributed by atoms with Gasteiger partial charge in [0.15, 0.2) is 0 Å². The van der Waals surface area contributed by atoms with Crippen LogP contribution >= 0.6 is 0 Å². The Hall–Kier alpha value is -3.61. The number of anilines is 1. The number of aryl methyl sites for hydroxylation is 2. The number of ether oxygens (including phenoxy) is 2. The van der Waals surface area contributed by atoms with Gasteiger partial charge in [0, 0.05) is 18.2 Å². The highest BCUT2D eigenvalue weighted by atomic mass is 16.5. The first-order valence-corrected chi connectivity index (χ1v) is 10.1. The molecule has 0 amide bonds. The zero-order chi connectivity index (χ0) is 22.4. The van der Waals surface area contributed by atoms with Crippen molar-refractivity contribution in [2.75, 3.05) is 25.6 Å². The maximum Gasteiger partial charge on any atom is 0.339 e. The van der Waals surface area contributed by atoms with Crippen LogP contribution in [-0.2, 0) is 6.42 Å². The molecule has 0 atom stereocenters. The van der Waals surface area contributed by atoms with Crippen LogP contribution in [0.3, 0.4) is 0 Å². The lowest BCUT2D eigenvalue weighted by molar-refractivity contribution is 0.0692. The third-order valence-electron chi connectivity index (χ3n) is 5.07. The average molecular weight is 421 g/mol. The van der Waals surface area contributed by atoms with Crippen molar-refractivity contribution < 1.29 is 19.4 Å². The zero-order valence-electron chi connectivity index (χ0n) is 18.2. The zero-order valence-corrected chi connectivity index (χ0v) is 18.2. The van der Waals surface area contributed by atoms with Gasteiger partial charge in [0.2, 0.25) is 0 Å². The minimum atomic E-state index is -1.03. The van der Waals surface area contributed by atoms with Crippen LogP contribution in [0.1, 0.15) is 34.0 Å². The third kappa shape index (κ3) is 5.31. The van der Waals surface area contributed by atoms with E-state index in [-0.39, 0.29) is 5.56 Å². The summed E-state index contributed by atoms with van der Waals surface area (Å²) in [6.07, 6.45) is 2.27. The first-order valence-electron chi connectivity index (χ1n) is 10.1. The minimum absolute atomic E-state index is 0.125. The summed E-state index contributed by atoms with van der Waals surface area (Å²) in [5.74, 6) is 0.868. The molecule has 0 spiro atoms. The number of nitrogens with one attached hydrogen (secondary N) is 1. The Morgan fingerprint density at radius 3 is 2.55 bits per heavy atom. The van der Waals surface area contributed by atoms with Crippen LogP contribution in [0.4, 0.5) is 5.82 Å². The molecule has 2 aromatic carbocycles. The Labute approximate surface area is 182 Å². The van der Waals surface area contributed by atoms with E-state index in [9.17, 15) is 9.90 Å². The van der Waals surface area contributed by atoms with Gasteiger partial charge in [-0.3, -0.25) is 0 Å². The number of carboxylic acid groups (broad SMARTS) is 1. The number of carbonyl (C=O) groups is 1. The topological polar surface area (TPSA) is 93.6 Å². The van der Waals surface area contributed by atoms with E-state index in [1.165, 1.54) is 23.5 Å². The second-order valence-electron chi connectivity index (χ2n) is 7.16. The molecule has 3 rings (SSSR count). The first-order chi connectivity index (χ1) is 14.9. The number of benzene rings is 2. The van der Waals surface area contributed by atoms with E-state index in [1.54, 1.807) is 19.2 Å². The van der Waals surface area contributed by atoms with Crippen molar-refractivity contribution in [3.63, 3.8) is 0 Å². The van der Waals surface area contributed by atoms with Gasteiger partial charge >= 0.3 is 5.97 Å². The fraction of sp³-hybridized carbons (Fsp3) is 0.292. The number of rotatable bonds is 9. The first kappa shape index (κ1) is 22.1. The Morgan fingerprint density at radius 1 is 1.06 bits per heavy atom. The molecule has 0 aliphatic rings. The van der Waals surface area contributed by atoms with Gasteiger partial charge in [-0.05, 0) is 62.1 Å². The van der Waals surface area contributed by atoms with E-state index in [1.807, 2.05) is 13.0 Å². The van der Waals surface area contributed by atoms with Crippen LogP contribution in [0.2, 0.25) is 0 Å². The van der Waals surface area contributed by atoms with Crippen molar-refractivity contribution in [2.24, 2.45) is 0 Å². The Balaban J connectivity index is 1.75. The number of hydrogen-bond donors (Lipinski definition) is 2. The molecule has 0 aliphatic heterocycles. The van der Waals surface area contributed by atoms with Crippen molar-refractivity contribution in [3.05, 3.63) is 65.0 Å². The molecule has 0 bridgehead atoms. The van der Waals surface area contributed by atoms with Crippen molar-refractivity contribution >= 4 is 11.8 Å². The molecule has 1 aromatic heterocycles. The van der Waals surface area contributed by atoms with E-state index in [0.717, 1.165) is 23.3 Å². The smallest absolute Gasteiger partial charge is 0.339 e. The quantitative estimate of drug-likeness (QED) is 0.525. The summed E-state index contributed by atoms with van der Waals surface area (Å²) in [7, 11) is 1.68. The van der Waals surface area contributed by atoms with E-state index < -0.39 is 5.97 Å². The molecular weight excluding hydrogens is 394 g/mol. The fourth-order valence-corrected chi connectivity index (χ4v) is 3.31. The standard InChI is InChI=1S/C24H27N3O4/c1-5-31-22-12-17(6-7-19(22)24(28)29)20-13-23(27-14-26-20)25-9-8-18-10-15(2)16(3)11-21(18)30-4/h6-7,10-14H,5,8-9H2,1-4H3,(H,28,29)(H,25,26,27). The lowest BCUT2D eigenvalue weighted by atomic mass is 10.0. The predicted octanol–water partition coefficient (Wildman–Crippen LogP) is 4.52. The van der Waals surface area contributed by atoms with E-state index >= 15 is 0 Å². The summed E-state index contributed by atoms with van der Waals surface area (Å²) < 4.78 is 11.0. The molecule has 0 radical (unpaired) electrons. The molecule has 3 aromatic rings. The van der Waals surface area contributed by atoms with Gasteiger partial charge in [-0.15, -0.1) is 0 Å². The maximum atomic E-state index is 11.4. The molecule has 7 heteroatoms. The van der Waals surface area contributed by atoms with Gasteiger partial charge in [0.05, 0.1) is 19.4 Å². The van der Waals surface area contributed by atoms with E-state index in [4.69, 9.17) is 9.47 Å². The second-order valence-corrected chi connectivity index (χ2v) is 7.16. The summed E-state index contributed by atoms with van der Waals surface area (Å²) in [5, 5.41) is 12.7. The molecule has 31 heavy (non-hydrogen) atoms. The Morgan fingerprint density at radius 2 is 1.84 bits per heavy atom. The number of aromatic nitrogens is 2. The molecule has 0 saturated carbocycles. The third-order valence-corrected chi connectivity index (χ3v) is 5.07. The molecule has 162 valence electrons. The fourth-order valence-electron chi connectivity index (χ4n) is 3.31. The Bertz CT molecular complexity index is 1080. The summed E-state index contributed by atoms with van der Waals surface area (Å²) >= 11 is 0. The lowest BCUT2D eigenvalue weighted by Gasteiger charge is -2.13. The van der Waals surface area contributed by atoms with Gasteiger partial charge in [-0.2, -0.15) is 0 Å². The molecule has 0 saturated heterocycles. The monoisotopic (exact) mass is 421 g/mol. The average Bonchev–Trinajstić information content (AvgIpc) is 2.76. The highest BCUT2D eigenvalue weighted by Crippen LogP contribution is 2.28. The molecule has 0 unspecified atom stereocenters. The van der Waals surface area contributed by atoms with Crippen LogP contribution in [-0.4, -0.2) is 41.3 Å². The Kier molecular flexibility index (Phi) is 7.07. The van der Waals surface area contributed by atoms with Crippen molar-refractivity contribution in [1.82, 2.24) is 9.97 Å². The van der Waals surface area contributed by atoms with E-state index in [2.05, 4.69) is 41.3 Å². The van der Waals surface area contributed by atoms with Crippen molar-refractivity contribution in [3.8, 4) is 22.8 Å². The van der Waals surface area contributed by atoms with Crippen molar-refractivity contribution in [1.29, 1.82) is 0 Å². The predicted molar refractivity (Wildman–Crippen MR) is 120 cm³/mol. The van der Waals surface area contributed by atoms with Gasteiger partial charge < -0.3 is 19.9 Å². The molecule has 0 fully saturated rings. The van der Waals surface area contributed by atoms with Crippen LogP contribution in [0.25, 0.3) is 11.3 Å². The van der Waals surface area contributed by atoms with Crippen LogP contribution in [0.15, 0.2) is 42.7 Å². The van der Waals surface area contributed by atoms with E-state index in [0.29, 0.717) is 30.4 Å². The summed E-state index contributed by atoms with van der Waals surface area (Å²) in [6, 6.07) is 11.0. The number of aromatic carboxylic acids is 1. The molecule has 1 heterocycles. The summed E-state index contributed by atoms with van der Waals surface area (Å²) in [4.78, 5) is 20.0. The minimum Gasteiger partial charge on any atom is -0.496 e. The van der Waals surface area contributed by atoms with Gasteiger partial charge in [0.25, 0.3) is 0 Å². The molecule has 2 N–H and O–H groups in total. The molecular formula is C24H27N3O4. The van der Waals surface area contributed by atoms with Gasteiger partial charge in [-0.1, -0.05) is 12.1 Å². The van der Waals surface area contributed by atoms with Crippen LogP contribution < -0.4 is 14.8 Å². The normalized spacial score (nSPS) is 10.6. The molecule has 0 aliphatic carbocycles. The lowest BCUT2D eigenvalue weighted by Crippen LogP contribution is -2.08. The SMILES string of the molecule is CCOc1cc(-c2cc(NCCc3cc(C)c(C)cc3OC)ncn2)ccc1C(=O)O. The summed E-state index contributed by atoms with van der Waals surface area (Å²) in [6.45, 7) is 7.03. The maximum absolute atomic E-state index is 11.4. The summed E-state index contributed by atoms with van der Waals surface area (Å²) in [5.41, 5.74) is 5.14. The van der Waals surface area contributed by atoms with Crippen LogP contribution in [0, 0.1) is 13.8 Å². The highest BCUT2D eigenvalue weighted by molar-refractivity contribution is 5.91. The molecule has 7 nitrogen and oxygen atoms in total. The number of methoxy groups -OCH3 is 1. The second kappa shape index (κ2) is 9.93.